The third-order valence-corrected chi connectivity index (χ3v) is 4.73. The van der Waals surface area contributed by atoms with E-state index in [9.17, 15) is 19.2 Å². The number of ether oxygens (including phenoxy) is 1. The Morgan fingerprint density at radius 2 is 1.28 bits per heavy atom. The van der Waals surface area contributed by atoms with E-state index in [1.807, 2.05) is 0 Å². The summed E-state index contributed by atoms with van der Waals surface area (Å²) in [5, 5.41) is 13.2. The fourth-order valence-electron chi connectivity index (χ4n) is 3.54. The molecule has 2 rings (SSSR count). The molecule has 0 spiro atoms. The van der Waals surface area contributed by atoms with Crippen molar-refractivity contribution in [3.05, 3.63) is 0 Å². The minimum atomic E-state index is -0.159. The van der Waals surface area contributed by atoms with Crippen molar-refractivity contribution in [2.24, 2.45) is 29.4 Å². The number of methoxy groups -OCH3 is 1. The highest BCUT2D eigenvalue weighted by Gasteiger charge is 2.31. The number of carbonyl (C=O) groups excluding carboxylic acids is 4. The van der Waals surface area contributed by atoms with Gasteiger partial charge in [0, 0.05) is 38.5 Å². The van der Waals surface area contributed by atoms with E-state index < -0.39 is 0 Å². The summed E-state index contributed by atoms with van der Waals surface area (Å²) in [6, 6.07) is 0.293. The van der Waals surface area contributed by atoms with Crippen LogP contribution in [0.2, 0.25) is 0 Å². The number of rotatable bonds is 4. The lowest BCUT2D eigenvalue weighted by Crippen LogP contribution is -2.36. The fraction of sp³-hybridized carbons (Fsp3) is 0.789. The van der Waals surface area contributed by atoms with Gasteiger partial charge in [-0.15, -0.1) is 0 Å². The largest absolute Gasteiger partial charge is 0.469 e. The summed E-state index contributed by atoms with van der Waals surface area (Å²) in [5.74, 6) is 12.6. The zero-order valence-corrected chi connectivity index (χ0v) is 19.5. The van der Waals surface area contributed by atoms with Crippen molar-refractivity contribution < 1.29 is 34.5 Å². The van der Waals surface area contributed by atoms with Gasteiger partial charge in [0.25, 0.3) is 0 Å². The highest BCUT2D eigenvalue weighted by molar-refractivity contribution is 5.79. The van der Waals surface area contributed by atoms with Crippen molar-refractivity contribution in [1.29, 1.82) is 0 Å². The second kappa shape index (κ2) is 20.6. The summed E-state index contributed by atoms with van der Waals surface area (Å²) in [7, 11) is 1.40. The number of aliphatic hydroxyl groups excluding tert-OH is 1. The molecule has 0 aliphatic heterocycles. The van der Waals surface area contributed by atoms with Gasteiger partial charge in [-0.05, 0) is 45.4 Å². The number of amides is 3. The first-order valence-corrected chi connectivity index (χ1v) is 10.2. The van der Waals surface area contributed by atoms with Crippen molar-refractivity contribution in [3.63, 3.8) is 0 Å². The molecule has 190 valence electrons. The van der Waals surface area contributed by atoms with Crippen molar-refractivity contribution >= 4 is 23.7 Å². The molecule has 0 aromatic carbocycles. The molecule has 3 amide bonds. The molecule has 13 heteroatoms. The van der Waals surface area contributed by atoms with Gasteiger partial charge in [-0.3, -0.25) is 36.3 Å². The van der Waals surface area contributed by atoms with Gasteiger partial charge in [-0.25, -0.2) is 5.84 Å². The molecule has 0 aromatic heterocycles. The lowest BCUT2D eigenvalue weighted by Gasteiger charge is -2.10. The standard InChI is InChI=1S/C9H15NO3.C8H15N3O2.C2H6O.H4N2.H2O/c1-6(11)10-8-4-3-7(5-8)9(12)13-2;1-5(12)10-7-3-2-6(4-7)8(13)11-9;1-2-3;1-2;/h7-8H,3-5H2,1-2H3,(H,10,11);6-7H,2-4,9H2,1H3,(H,10,12)(H,11,13);3H,2H2,1H3;1-2H2;1H2/t7-,8+;6-,7+;;;/m11.../s1. The van der Waals surface area contributed by atoms with Gasteiger partial charge in [0.2, 0.25) is 17.7 Å². The molecular weight excluding hydrogens is 424 g/mol. The monoisotopic (exact) mass is 466 g/mol. The maximum Gasteiger partial charge on any atom is 0.308 e. The lowest BCUT2D eigenvalue weighted by atomic mass is 10.1. The number of esters is 1. The van der Waals surface area contributed by atoms with Crippen molar-refractivity contribution in [3.8, 4) is 0 Å². The van der Waals surface area contributed by atoms with Crippen LogP contribution in [0.25, 0.3) is 0 Å². The quantitative estimate of drug-likeness (QED) is 0.102. The molecule has 4 atom stereocenters. The smallest absolute Gasteiger partial charge is 0.308 e. The molecule has 0 aromatic rings. The molecule has 0 unspecified atom stereocenters. The third-order valence-electron chi connectivity index (χ3n) is 4.73. The Morgan fingerprint density at radius 3 is 1.62 bits per heavy atom. The summed E-state index contributed by atoms with van der Waals surface area (Å²) in [4.78, 5) is 43.6. The zero-order valence-electron chi connectivity index (χ0n) is 19.5. The molecule has 0 radical (unpaired) electrons. The first kappa shape index (κ1) is 34.3. The summed E-state index contributed by atoms with van der Waals surface area (Å²) >= 11 is 0. The Kier molecular flexibility index (Phi) is 22.1. The van der Waals surface area contributed by atoms with Crippen LogP contribution in [0.4, 0.5) is 0 Å². The number of hydrazine groups is 2. The SMILES string of the molecule is CC(=O)N[C@H]1CC[C@@H](C(=O)NN)C1.CCO.COC(=O)[C@@H]1CC[C@H](NC(C)=O)C1.NN.O. The molecule has 0 bridgehead atoms. The van der Waals surface area contributed by atoms with Crippen LogP contribution < -0.4 is 33.6 Å². The Bertz CT molecular complexity index is 504. The molecule has 13 nitrogen and oxygen atoms in total. The first-order valence-electron chi connectivity index (χ1n) is 10.2. The summed E-state index contributed by atoms with van der Waals surface area (Å²) in [6.07, 6.45) is 4.76. The minimum absolute atomic E-state index is 0. The maximum absolute atomic E-state index is 11.1. The Balaban J connectivity index is -0.000000427. The Labute approximate surface area is 189 Å². The number of nitrogens with two attached hydrogens (primary N) is 3. The molecule has 32 heavy (non-hydrogen) atoms. The zero-order chi connectivity index (χ0) is 24.4. The summed E-state index contributed by atoms with van der Waals surface area (Å²) in [5.41, 5.74) is 2.13. The molecule has 12 N–H and O–H groups in total. The van der Waals surface area contributed by atoms with Gasteiger partial charge >= 0.3 is 5.97 Å². The van der Waals surface area contributed by atoms with E-state index in [1.165, 1.54) is 21.0 Å². The Morgan fingerprint density at radius 1 is 0.906 bits per heavy atom. The number of carbonyl (C=O) groups is 4. The molecule has 0 heterocycles. The lowest BCUT2D eigenvalue weighted by molar-refractivity contribution is -0.145. The van der Waals surface area contributed by atoms with E-state index in [4.69, 9.17) is 10.9 Å². The highest BCUT2D eigenvalue weighted by atomic mass is 16.5. The van der Waals surface area contributed by atoms with Crippen LogP contribution in [0, 0.1) is 11.8 Å². The fourth-order valence-corrected chi connectivity index (χ4v) is 3.54. The predicted octanol–water partition coefficient (Wildman–Crippen LogP) is -2.26. The van der Waals surface area contributed by atoms with Crippen LogP contribution in [0.1, 0.15) is 59.3 Å². The maximum atomic E-state index is 11.1. The molecular formula is C19H42N6O7. The number of hydrogen-bond acceptors (Lipinski definition) is 9. The number of aliphatic hydroxyl groups is 1. The molecule has 2 saturated carbocycles. The van der Waals surface area contributed by atoms with E-state index in [0.717, 1.165) is 25.7 Å². The van der Waals surface area contributed by atoms with Crippen LogP contribution >= 0.6 is 0 Å². The predicted molar refractivity (Wildman–Crippen MR) is 119 cm³/mol. The van der Waals surface area contributed by atoms with E-state index in [1.54, 1.807) is 6.92 Å². The van der Waals surface area contributed by atoms with Gasteiger partial charge in [0.1, 0.15) is 0 Å². The minimum Gasteiger partial charge on any atom is -0.469 e. The van der Waals surface area contributed by atoms with Crippen LogP contribution in [0.5, 0.6) is 0 Å². The highest BCUT2D eigenvalue weighted by Crippen LogP contribution is 2.26. The average Bonchev–Trinajstić information content (AvgIpc) is 3.38. The van der Waals surface area contributed by atoms with Crippen LogP contribution in [-0.2, 0) is 23.9 Å². The normalized spacial score (nSPS) is 22.6. The number of nitrogens with one attached hydrogen (secondary N) is 3. The second-order valence-electron chi connectivity index (χ2n) is 7.16. The topological polar surface area (TPSA) is 243 Å². The first-order chi connectivity index (χ1) is 14.7. The third kappa shape index (κ3) is 15.5. The van der Waals surface area contributed by atoms with E-state index in [2.05, 4.69) is 32.5 Å². The van der Waals surface area contributed by atoms with Crippen LogP contribution in [-0.4, -0.2) is 60.1 Å². The average molecular weight is 467 g/mol. The molecule has 0 saturated heterocycles. The van der Waals surface area contributed by atoms with E-state index in [-0.39, 0.29) is 59.7 Å². The van der Waals surface area contributed by atoms with Gasteiger partial charge in [0.15, 0.2) is 0 Å². The number of hydrogen-bond donors (Lipinski definition) is 7. The van der Waals surface area contributed by atoms with Gasteiger partial charge in [0.05, 0.1) is 13.0 Å². The molecule has 2 fully saturated rings. The van der Waals surface area contributed by atoms with Gasteiger partial charge in [-0.2, -0.15) is 0 Å². The van der Waals surface area contributed by atoms with E-state index >= 15 is 0 Å². The van der Waals surface area contributed by atoms with Crippen molar-refractivity contribution in [1.82, 2.24) is 16.1 Å². The second-order valence-corrected chi connectivity index (χ2v) is 7.16. The van der Waals surface area contributed by atoms with Crippen LogP contribution in [0.15, 0.2) is 0 Å². The van der Waals surface area contributed by atoms with Crippen molar-refractivity contribution in [2.45, 2.75) is 71.4 Å². The Hall–Kier alpha value is -2.32. The van der Waals surface area contributed by atoms with Crippen molar-refractivity contribution in [2.75, 3.05) is 13.7 Å². The summed E-state index contributed by atoms with van der Waals surface area (Å²) in [6.45, 7) is 4.90. The molecule has 2 aliphatic carbocycles. The summed E-state index contributed by atoms with van der Waals surface area (Å²) < 4.78 is 4.64. The van der Waals surface area contributed by atoms with E-state index in [0.29, 0.717) is 12.8 Å². The van der Waals surface area contributed by atoms with Gasteiger partial charge in [-0.1, -0.05) is 0 Å². The van der Waals surface area contributed by atoms with Crippen LogP contribution in [0.3, 0.4) is 0 Å². The van der Waals surface area contributed by atoms with Gasteiger partial charge < -0.3 is 26.0 Å². The molecule has 2 aliphatic rings.